The summed E-state index contributed by atoms with van der Waals surface area (Å²) in [4.78, 5) is 41.9. The third-order valence-corrected chi connectivity index (χ3v) is 6.93. The van der Waals surface area contributed by atoms with Crippen molar-refractivity contribution >= 4 is 23.3 Å². The zero-order chi connectivity index (χ0) is 27.8. The smallest absolute Gasteiger partial charge is 0.300 e. The van der Waals surface area contributed by atoms with Gasteiger partial charge in [-0.15, -0.1) is 0 Å². The van der Waals surface area contributed by atoms with Gasteiger partial charge in [0.25, 0.3) is 11.7 Å². The van der Waals surface area contributed by atoms with E-state index in [2.05, 4.69) is 17.4 Å². The highest BCUT2D eigenvalue weighted by atomic mass is 16.5. The molecule has 0 radical (unpaired) electrons. The van der Waals surface area contributed by atoms with Gasteiger partial charge in [0.2, 0.25) is 11.7 Å². The monoisotopic (exact) mass is 530 g/mol. The lowest BCUT2D eigenvalue weighted by Gasteiger charge is -2.36. The van der Waals surface area contributed by atoms with E-state index in [0.29, 0.717) is 30.8 Å². The number of unbranched alkanes of at least 4 members (excludes halogenated alkanes) is 1. The molecule has 0 bridgehead atoms. The predicted octanol–water partition coefficient (Wildman–Crippen LogP) is 4.38. The summed E-state index contributed by atoms with van der Waals surface area (Å²) in [5, 5.41) is 2.98. The maximum absolute atomic E-state index is 13.7. The number of anilines is 1. The van der Waals surface area contributed by atoms with E-state index >= 15 is 0 Å². The normalized spacial score (nSPS) is 14.2. The fourth-order valence-corrected chi connectivity index (χ4v) is 4.92. The molecule has 1 unspecified atom stereocenters. The van der Waals surface area contributed by atoms with Crippen molar-refractivity contribution < 1.29 is 28.6 Å². The highest BCUT2D eigenvalue weighted by Gasteiger charge is 2.38. The number of para-hydroxylation sites is 1. The van der Waals surface area contributed by atoms with Crippen LogP contribution in [0.5, 0.6) is 17.2 Å². The minimum absolute atomic E-state index is 0.0811. The molecule has 39 heavy (non-hydrogen) atoms. The molecule has 0 aliphatic carbocycles. The Morgan fingerprint density at radius 2 is 1.54 bits per heavy atom. The first kappa shape index (κ1) is 27.7. The van der Waals surface area contributed by atoms with E-state index < -0.39 is 17.7 Å². The van der Waals surface area contributed by atoms with Crippen LogP contribution in [0.1, 0.15) is 40.7 Å². The van der Waals surface area contributed by atoms with E-state index in [1.807, 2.05) is 30.3 Å². The molecule has 3 aromatic rings. The maximum atomic E-state index is 13.7. The molecule has 204 valence electrons. The molecule has 0 spiro atoms. The van der Waals surface area contributed by atoms with Crippen LogP contribution in [-0.4, -0.2) is 51.5 Å². The van der Waals surface area contributed by atoms with Crippen molar-refractivity contribution in [2.75, 3.05) is 32.8 Å². The molecule has 0 fully saturated rings. The number of ketones is 1. The van der Waals surface area contributed by atoms with Crippen molar-refractivity contribution in [1.82, 2.24) is 5.32 Å². The number of nitrogens with zero attached hydrogens (tertiary/aromatic N) is 1. The zero-order valence-corrected chi connectivity index (χ0v) is 22.6. The first-order chi connectivity index (χ1) is 19.0. The van der Waals surface area contributed by atoms with Crippen LogP contribution in [-0.2, 0) is 22.4 Å². The van der Waals surface area contributed by atoms with Crippen LogP contribution >= 0.6 is 0 Å². The van der Waals surface area contributed by atoms with Gasteiger partial charge in [0, 0.05) is 17.8 Å². The van der Waals surface area contributed by atoms with Gasteiger partial charge in [0.05, 0.1) is 21.3 Å². The number of rotatable bonds is 11. The summed E-state index contributed by atoms with van der Waals surface area (Å²) >= 11 is 0. The maximum Gasteiger partial charge on any atom is 0.300 e. The Hall–Kier alpha value is -4.33. The first-order valence-corrected chi connectivity index (χ1v) is 13.1. The van der Waals surface area contributed by atoms with Gasteiger partial charge in [0.15, 0.2) is 11.5 Å². The molecule has 1 aliphatic heterocycles. The minimum Gasteiger partial charge on any atom is -0.493 e. The van der Waals surface area contributed by atoms with E-state index in [0.717, 1.165) is 24.8 Å². The van der Waals surface area contributed by atoms with Gasteiger partial charge in [-0.2, -0.15) is 0 Å². The Morgan fingerprint density at radius 1 is 0.872 bits per heavy atom. The van der Waals surface area contributed by atoms with Crippen molar-refractivity contribution in [2.45, 2.75) is 38.1 Å². The number of Topliss-reactive ketones (excluding diaryl/α,β-unsaturated/α-hetero) is 1. The predicted molar refractivity (Wildman–Crippen MR) is 149 cm³/mol. The second-order valence-electron chi connectivity index (χ2n) is 9.34. The number of nitrogens with one attached hydrogen (secondary N) is 1. The van der Waals surface area contributed by atoms with Crippen LogP contribution in [0, 0.1) is 0 Å². The molecule has 1 atom stereocenters. The average Bonchev–Trinajstić information content (AvgIpc) is 2.99. The summed E-state index contributed by atoms with van der Waals surface area (Å²) in [7, 11) is 4.34. The molecule has 3 aromatic carbocycles. The molecule has 1 aliphatic rings. The molecular weight excluding hydrogens is 496 g/mol. The highest BCUT2D eigenvalue weighted by Crippen LogP contribution is 2.39. The zero-order valence-electron chi connectivity index (χ0n) is 22.6. The second kappa shape index (κ2) is 13.0. The van der Waals surface area contributed by atoms with Crippen LogP contribution in [0.2, 0.25) is 0 Å². The van der Waals surface area contributed by atoms with E-state index in [9.17, 15) is 14.4 Å². The Labute approximate surface area is 228 Å². The van der Waals surface area contributed by atoms with Gasteiger partial charge in [-0.05, 0) is 61.4 Å². The van der Waals surface area contributed by atoms with Crippen molar-refractivity contribution in [3.05, 3.63) is 83.4 Å². The van der Waals surface area contributed by atoms with E-state index in [4.69, 9.17) is 14.2 Å². The molecular formula is C31H34N2O6. The number of hydrogen-bond donors (Lipinski definition) is 1. The van der Waals surface area contributed by atoms with Gasteiger partial charge in [-0.1, -0.05) is 48.5 Å². The van der Waals surface area contributed by atoms with Gasteiger partial charge in [-0.3, -0.25) is 19.3 Å². The number of hydrogen-bond acceptors (Lipinski definition) is 6. The van der Waals surface area contributed by atoms with Crippen molar-refractivity contribution in [1.29, 1.82) is 0 Å². The van der Waals surface area contributed by atoms with Gasteiger partial charge >= 0.3 is 0 Å². The first-order valence-electron chi connectivity index (χ1n) is 13.1. The summed E-state index contributed by atoms with van der Waals surface area (Å²) in [6.07, 6.45) is 3.72. The topological polar surface area (TPSA) is 94.2 Å². The summed E-state index contributed by atoms with van der Waals surface area (Å²) in [6, 6.07) is 19.7. The molecule has 0 aromatic heterocycles. The fraction of sp³-hybridized carbons (Fsp3) is 0.323. The number of ether oxygens (including phenoxy) is 3. The van der Waals surface area contributed by atoms with Crippen molar-refractivity contribution in [3.63, 3.8) is 0 Å². The molecule has 0 saturated carbocycles. The van der Waals surface area contributed by atoms with Crippen LogP contribution in [0.4, 0.5) is 5.69 Å². The Bertz CT molecular complexity index is 1300. The van der Waals surface area contributed by atoms with Crippen molar-refractivity contribution in [2.24, 2.45) is 0 Å². The van der Waals surface area contributed by atoms with Crippen LogP contribution in [0.3, 0.4) is 0 Å². The number of carbonyl (C=O) groups excluding carboxylic acids is 3. The Morgan fingerprint density at radius 3 is 2.21 bits per heavy atom. The quantitative estimate of drug-likeness (QED) is 0.225. The molecule has 1 heterocycles. The van der Waals surface area contributed by atoms with Crippen LogP contribution < -0.4 is 24.4 Å². The third-order valence-electron chi connectivity index (χ3n) is 6.93. The molecule has 2 amide bonds. The summed E-state index contributed by atoms with van der Waals surface area (Å²) in [5.74, 6) is -0.993. The van der Waals surface area contributed by atoms with Crippen LogP contribution in [0.15, 0.2) is 66.7 Å². The number of methoxy groups -OCH3 is 3. The summed E-state index contributed by atoms with van der Waals surface area (Å²) in [6.45, 7) is 0.493. The molecule has 0 saturated heterocycles. The van der Waals surface area contributed by atoms with E-state index in [-0.39, 0.29) is 23.0 Å². The Kier molecular flexibility index (Phi) is 9.20. The number of amides is 2. The van der Waals surface area contributed by atoms with E-state index in [1.165, 1.54) is 43.9 Å². The standard InChI is InChI=1S/C31H34N2O6/c1-37-26-19-23(20-27(38-2)29(26)39-3)28(34)31(36)33-24-15-8-7-14-22(24)16-17-25(33)30(35)32-18-10-9-13-21-11-5-4-6-12-21/h4-8,11-12,14-15,19-20,25H,9-10,13,16-18H2,1-3H3,(H,32,35). The number of aryl methyl sites for hydroxylation is 2. The van der Waals surface area contributed by atoms with E-state index in [1.54, 1.807) is 12.1 Å². The minimum atomic E-state index is -0.799. The molecule has 8 nitrogen and oxygen atoms in total. The summed E-state index contributed by atoms with van der Waals surface area (Å²) in [5.41, 5.74) is 2.82. The van der Waals surface area contributed by atoms with Gasteiger partial charge in [0.1, 0.15) is 6.04 Å². The molecule has 1 N–H and O–H groups in total. The lowest BCUT2D eigenvalue weighted by Crippen LogP contribution is -2.54. The molecule has 4 rings (SSSR count). The van der Waals surface area contributed by atoms with Crippen molar-refractivity contribution in [3.8, 4) is 17.2 Å². The largest absolute Gasteiger partial charge is 0.493 e. The Balaban J connectivity index is 1.52. The lowest BCUT2D eigenvalue weighted by molar-refractivity contribution is -0.125. The fourth-order valence-electron chi connectivity index (χ4n) is 4.92. The third kappa shape index (κ3) is 6.22. The van der Waals surface area contributed by atoms with Gasteiger partial charge in [-0.25, -0.2) is 0 Å². The SMILES string of the molecule is COc1cc(C(=O)C(=O)N2c3ccccc3CCC2C(=O)NCCCCc2ccccc2)cc(OC)c1OC. The van der Waals surface area contributed by atoms with Gasteiger partial charge < -0.3 is 19.5 Å². The summed E-state index contributed by atoms with van der Waals surface area (Å²) < 4.78 is 16.0. The number of carbonyl (C=O) groups is 3. The van der Waals surface area contributed by atoms with Crippen LogP contribution in [0.25, 0.3) is 0 Å². The lowest BCUT2D eigenvalue weighted by atomic mass is 9.94. The average molecular weight is 531 g/mol. The number of fused-ring (bicyclic) bond motifs is 1. The number of benzene rings is 3. The highest BCUT2D eigenvalue weighted by molar-refractivity contribution is 6.48. The second-order valence-corrected chi connectivity index (χ2v) is 9.34. The molecule has 8 heteroatoms.